The number of benzene rings is 1. The van der Waals surface area contributed by atoms with Gasteiger partial charge in [-0.2, -0.15) is 5.26 Å². The molecule has 11 nitrogen and oxygen atoms in total. The first-order valence-electron chi connectivity index (χ1n) is 12.4. The topological polar surface area (TPSA) is 164 Å². The average molecular weight is 530 g/mol. The van der Waals surface area contributed by atoms with Gasteiger partial charge in [0.1, 0.15) is 23.4 Å². The lowest BCUT2D eigenvalue weighted by Crippen LogP contribution is -2.22. The maximum absolute atomic E-state index is 9.75. The van der Waals surface area contributed by atoms with E-state index in [2.05, 4.69) is 62.8 Å². The molecule has 38 heavy (non-hydrogen) atoms. The van der Waals surface area contributed by atoms with Gasteiger partial charge in [-0.25, -0.2) is 15.0 Å². The van der Waals surface area contributed by atoms with Crippen molar-refractivity contribution in [3.63, 3.8) is 0 Å². The highest BCUT2D eigenvalue weighted by Crippen LogP contribution is 2.38. The van der Waals surface area contributed by atoms with Crippen LogP contribution in [0.1, 0.15) is 37.1 Å². The number of nitrogens with one attached hydrogen (secondary N) is 4. The first kappa shape index (κ1) is 26.8. The number of aliphatic imine (C=N–C) groups is 1. The molecule has 1 aliphatic rings. The first-order valence-corrected chi connectivity index (χ1v) is 13.1. The van der Waals surface area contributed by atoms with Crippen LogP contribution < -0.4 is 26.6 Å². The van der Waals surface area contributed by atoms with E-state index in [1.54, 1.807) is 12.3 Å². The molecule has 196 valence electrons. The van der Waals surface area contributed by atoms with Crippen molar-refractivity contribution in [1.29, 1.82) is 10.7 Å². The van der Waals surface area contributed by atoms with Crippen LogP contribution in [0, 0.1) is 16.7 Å². The molecule has 0 spiro atoms. The molecule has 1 saturated heterocycles. The van der Waals surface area contributed by atoms with Crippen molar-refractivity contribution in [2.45, 2.75) is 32.3 Å². The van der Waals surface area contributed by atoms with Crippen LogP contribution in [0.15, 0.2) is 35.5 Å². The number of amidine groups is 1. The van der Waals surface area contributed by atoms with Crippen LogP contribution in [-0.2, 0) is 6.42 Å². The number of aromatic nitrogens is 3. The second-order valence-electron chi connectivity index (χ2n) is 8.82. The van der Waals surface area contributed by atoms with Gasteiger partial charge in [-0.3, -0.25) is 10.4 Å². The van der Waals surface area contributed by atoms with Gasteiger partial charge in [0.25, 0.3) is 0 Å². The highest BCUT2D eigenvalue weighted by Gasteiger charge is 2.23. The van der Waals surface area contributed by atoms with E-state index in [0.717, 1.165) is 30.8 Å². The number of anilines is 6. The zero-order chi connectivity index (χ0) is 27.2. The van der Waals surface area contributed by atoms with Gasteiger partial charge in [-0.1, -0.05) is 19.1 Å². The Balaban J connectivity index is 1.71. The fourth-order valence-corrected chi connectivity index (χ4v) is 4.89. The van der Waals surface area contributed by atoms with Gasteiger partial charge < -0.3 is 26.6 Å². The zero-order valence-corrected chi connectivity index (χ0v) is 22.7. The third kappa shape index (κ3) is 5.66. The van der Waals surface area contributed by atoms with Gasteiger partial charge in [-0.05, 0) is 43.8 Å². The summed E-state index contributed by atoms with van der Waals surface area (Å²) in [5.41, 5.74) is 10.2. The molecule has 0 radical (unpaired) electrons. The van der Waals surface area contributed by atoms with Crippen molar-refractivity contribution in [3.05, 3.63) is 47.3 Å². The molecule has 6 N–H and O–H groups in total. The minimum absolute atomic E-state index is 0.00968. The van der Waals surface area contributed by atoms with Crippen LogP contribution in [0.4, 0.5) is 40.3 Å². The normalized spacial score (nSPS) is 14.6. The zero-order valence-electron chi connectivity index (χ0n) is 21.5. The lowest BCUT2D eigenvalue weighted by atomic mass is 10.0. The van der Waals surface area contributed by atoms with Crippen LogP contribution in [0.2, 0.25) is 0 Å². The Morgan fingerprint density at radius 3 is 2.74 bits per heavy atom. The van der Waals surface area contributed by atoms with Gasteiger partial charge in [0.2, 0.25) is 0 Å². The molecule has 0 aliphatic carbocycles. The summed E-state index contributed by atoms with van der Waals surface area (Å²) in [7, 11) is 2.83. The van der Waals surface area contributed by atoms with Crippen LogP contribution >= 0.6 is 9.24 Å². The summed E-state index contributed by atoms with van der Waals surface area (Å²) in [4.78, 5) is 20.0. The third-order valence-electron chi connectivity index (χ3n) is 6.22. The lowest BCUT2D eigenvalue weighted by molar-refractivity contribution is 0.922. The average Bonchev–Trinajstić information content (AvgIpc) is 3.34. The maximum Gasteiger partial charge on any atom is 0.185 e. The summed E-state index contributed by atoms with van der Waals surface area (Å²) in [5, 5.41) is 27.5. The van der Waals surface area contributed by atoms with Crippen molar-refractivity contribution >= 4 is 62.1 Å². The lowest BCUT2D eigenvalue weighted by Gasteiger charge is -2.19. The monoisotopic (exact) mass is 529 g/mol. The number of hydrogen-bond donors (Lipinski definition) is 5. The predicted octanol–water partition coefficient (Wildman–Crippen LogP) is 4.29. The number of hydrogen-bond acceptors (Lipinski definition) is 10. The summed E-state index contributed by atoms with van der Waals surface area (Å²) < 4.78 is 0. The van der Waals surface area contributed by atoms with Crippen molar-refractivity contribution < 1.29 is 0 Å². The standard InChI is InChI=1S/C26H32N11P/c1-4-16-17(24(28)29)7-6-8-18(16)33-19-11-21(36-25(31-5-2)23(19)30-3)35-22-13-32-26(20(12-27)34-22)37-10-9-15(38)14-37/h6-8,11,13,15H,3-5,9-10,14,38H2,1-2H3,(H3,28,29)(H3,31,33,34,35,36). The van der Waals surface area contributed by atoms with Crippen molar-refractivity contribution in [2.75, 3.05) is 40.5 Å². The molecule has 3 heterocycles. The van der Waals surface area contributed by atoms with Crippen molar-refractivity contribution in [3.8, 4) is 6.07 Å². The Morgan fingerprint density at radius 2 is 2.11 bits per heavy atom. The van der Waals surface area contributed by atoms with Crippen LogP contribution in [-0.4, -0.2) is 52.8 Å². The third-order valence-corrected chi connectivity index (χ3v) is 6.77. The summed E-state index contributed by atoms with van der Waals surface area (Å²) in [5.74, 6) is 2.02. The Kier molecular flexibility index (Phi) is 8.34. The molecular formula is C26H32N11P. The van der Waals surface area contributed by atoms with E-state index >= 15 is 0 Å². The molecule has 1 fully saturated rings. The summed E-state index contributed by atoms with van der Waals surface area (Å²) in [6.45, 7) is 10.0. The molecule has 2 atom stereocenters. The van der Waals surface area contributed by atoms with E-state index < -0.39 is 0 Å². The Labute approximate surface area is 224 Å². The Bertz CT molecular complexity index is 1400. The molecule has 4 rings (SSSR count). The van der Waals surface area contributed by atoms with Crippen LogP contribution in [0.3, 0.4) is 0 Å². The maximum atomic E-state index is 9.75. The highest BCUT2D eigenvalue weighted by atomic mass is 31.0. The number of nitriles is 1. The van der Waals surface area contributed by atoms with Crippen molar-refractivity contribution in [2.24, 2.45) is 10.7 Å². The van der Waals surface area contributed by atoms with E-state index in [9.17, 15) is 5.26 Å². The SMILES string of the molecule is C=Nc1c(Nc2cccc(C(=N)N)c2CC)cc(Nc2cnc(N3CCC(P)C3)c(C#N)n2)nc1NCC. The minimum atomic E-state index is 0.00968. The molecule has 2 aromatic heterocycles. The van der Waals surface area contributed by atoms with E-state index in [0.29, 0.717) is 58.8 Å². The molecule has 12 heteroatoms. The fraction of sp³-hybridized carbons (Fsp3) is 0.308. The second kappa shape index (κ2) is 11.8. The molecule has 0 saturated carbocycles. The summed E-state index contributed by atoms with van der Waals surface area (Å²) >= 11 is 0. The van der Waals surface area contributed by atoms with Crippen molar-refractivity contribution in [1.82, 2.24) is 15.0 Å². The number of pyridine rings is 1. The molecule has 1 aliphatic heterocycles. The second-order valence-corrected chi connectivity index (χ2v) is 9.77. The van der Waals surface area contributed by atoms with Gasteiger partial charge in [0.05, 0.1) is 11.9 Å². The van der Waals surface area contributed by atoms with E-state index in [1.165, 1.54) is 0 Å². The summed E-state index contributed by atoms with van der Waals surface area (Å²) in [6, 6.07) is 9.59. The van der Waals surface area contributed by atoms with Gasteiger partial charge in [0.15, 0.2) is 23.1 Å². The highest BCUT2D eigenvalue weighted by molar-refractivity contribution is 7.17. The van der Waals surface area contributed by atoms with E-state index in [4.69, 9.17) is 11.1 Å². The number of nitrogens with two attached hydrogens (primary N) is 1. The van der Waals surface area contributed by atoms with E-state index in [-0.39, 0.29) is 11.5 Å². The van der Waals surface area contributed by atoms with Gasteiger partial charge in [0, 0.05) is 37.0 Å². The fourth-order valence-electron chi connectivity index (χ4n) is 4.49. The largest absolute Gasteiger partial charge is 0.384 e. The molecule has 0 amide bonds. The van der Waals surface area contributed by atoms with Gasteiger partial charge >= 0.3 is 0 Å². The van der Waals surface area contributed by atoms with Crippen LogP contribution in [0.5, 0.6) is 0 Å². The molecule has 3 aromatic rings. The smallest absolute Gasteiger partial charge is 0.185 e. The minimum Gasteiger partial charge on any atom is -0.384 e. The van der Waals surface area contributed by atoms with E-state index in [1.807, 2.05) is 32.0 Å². The van der Waals surface area contributed by atoms with Gasteiger partial charge in [-0.15, -0.1) is 9.24 Å². The molecule has 2 unspecified atom stereocenters. The van der Waals surface area contributed by atoms with Crippen LogP contribution in [0.25, 0.3) is 0 Å². The summed E-state index contributed by atoms with van der Waals surface area (Å²) in [6.07, 6.45) is 3.32. The first-order chi connectivity index (χ1) is 18.4. The Morgan fingerprint density at radius 1 is 1.29 bits per heavy atom. The predicted molar refractivity (Wildman–Crippen MR) is 158 cm³/mol. The molecular weight excluding hydrogens is 497 g/mol. The number of nitrogen functional groups attached to an aromatic ring is 1. The number of rotatable bonds is 10. The molecule has 0 bridgehead atoms. The quantitative estimate of drug-likeness (QED) is 0.146. The number of nitrogens with zero attached hydrogens (tertiary/aromatic N) is 6. The Hall–Kier alpha value is -4.29. The molecule has 1 aromatic carbocycles.